The number of carbonyl (C=O) groups excluding carboxylic acids is 1. The minimum Gasteiger partial charge on any atom is -0.481 e. The van der Waals surface area contributed by atoms with E-state index in [0.717, 1.165) is 6.07 Å². The normalized spacial score (nSPS) is 11.6. The lowest BCUT2D eigenvalue weighted by Gasteiger charge is -2.15. The fraction of sp³-hybridized carbons (Fsp3) is 0.312. The van der Waals surface area contributed by atoms with E-state index in [1.807, 2.05) is 0 Å². The predicted molar refractivity (Wildman–Crippen MR) is 107 cm³/mol. The number of sulfonamides is 2. The molecule has 0 unspecified atom stereocenters. The maximum atomic E-state index is 12.8. The Kier molecular flexibility index (Phi) is 7.17. The van der Waals surface area contributed by atoms with Gasteiger partial charge in [-0.15, -0.1) is 0 Å². The molecule has 2 rings (SSSR count). The number of amides is 2. The molecule has 1 aromatic heterocycles. The Bertz CT molecular complexity index is 1130. The van der Waals surface area contributed by atoms with Crippen LogP contribution in [-0.2, 0) is 20.0 Å². The minimum absolute atomic E-state index is 0.0543. The molecule has 0 aliphatic carbocycles. The third kappa shape index (κ3) is 5.34. The van der Waals surface area contributed by atoms with E-state index in [2.05, 4.69) is 20.0 Å². The van der Waals surface area contributed by atoms with Crippen molar-refractivity contribution in [3.63, 3.8) is 0 Å². The summed E-state index contributed by atoms with van der Waals surface area (Å²) < 4.78 is 64.4. The van der Waals surface area contributed by atoms with Crippen LogP contribution in [0.2, 0.25) is 0 Å². The van der Waals surface area contributed by atoms with E-state index >= 15 is 0 Å². The first-order valence-electron chi connectivity index (χ1n) is 8.44. The highest BCUT2D eigenvalue weighted by Gasteiger charge is 2.29. The van der Waals surface area contributed by atoms with Crippen LogP contribution in [0.1, 0.15) is 12.5 Å². The highest BCUT2D eigenvalue weighted by atomic mass is 32.2. The van der Waals surface area contributed by atoms with Crippen LogP contribution in [0.15, 0.2) is 34.1 Å². The van der Waals surface area contributed by atoms with Gasteiger partial charge in [0.05, 0.1) is 20.3 Å². The predicted octanol–water partition coefficient (Wildman–Crippen LogP) is 0.611. The molecule has 164 valence electrons. The summed E-state index contributed by atoms with van der Waals surface area (Å²) in [5, 5.41) is 2.14. The third-order valence-corrected chi connectivity index (χ3v) is 6.87. The highest BCUT2D eigenvalue weighted by molar-refractivity contribution is 7.93. The number of aromatic nitrogens is 2. The van der Waals surface area contributed by atoms with Crippen molar-refractivity contribution in [3.8, 4) is 11.8 Å². The largest absolute Gasteiger partial charge is 0.481 e. The number of aryl methyl sites for hydroxylation is 1. The van der Waals surface area contributed by atoms with E-state index in [4.69, 9.17) is 9.47 Å². The Morgan fingerprint density at radius 3 is 2.17 bits per heavy atom. The summed E-state index contributed by atoms with van der Waals surface area (Å²) in [6, 6.07) is 4.08. The lowest BCUT2D eigenvalue weighted by atomic mass is 10.2. The van der Waals surface area contributed by atoms with Gasteiger partial charge in [0, 0.05) is 6.54 Å². The van der Waals surface area contributed by atoms with Gasteiger partial charge in [0.15, 0.2) is 0 Å². The minimum atomic E-state index is -4.57. The average Bonchev–Trinajstić information content (AvgIpc) is 2.66. The average molecular weight is 460 g/mol. The number of urea groups is 1. The summed E-state index contributed by atoms with van der Waals surface area (Å²) in [4.78, 5) is 18.9. The standard InChI is InChI=1S/C16H21N5O7S2/c1-5-17-29(23,24)11-8-6-7-10(2)14(11)30(25,26)21-16(22)20-15-18-12(27-3)9-13(19-15)28-4/h6-9,17H,5H2,1-4H3,(H2,18,19,20,21,22). The Morgan fingerprint density at radius 1 is 1.03 bits per heavy atom. The molecule has 1 heterocycles. The maximum absolute atomic E-state index is 12.8. The molecule has 0 saturated heterocycles. The van der Waals surface area contributed by atoms with E-state index in [-0.39, 0.29) is 29.8 Å². The van der Waals surface area contributed by atoms with Gasteiger partial charge in [-0.05, 0) is 18.6 Å². The molecule has 0 saturated carbocycles. The lowest BCUT2D eigenvalue weighted by molar-refractivity contribution is 0.256. The topological polar surface area (TPSA) is 166 Å². The molecule has 0 spiro atoms. The summed E-state index contributed by atoms with van der Waals surface area (Å²) >= 11 is 0. The van der Waals surface area contributed by atoms with Crippen molar-refractivity contribution >= 4 is 32.0 Å². The maximum Gasteiger partial charge on any atom is 0.335 e. The number of nitrogens with one attached hydrogen (secondary N) is 3. The molecule has 0 fully saturated rings. The number of hydrogen-bond donors (Lipinski definition) is 3. The molecule has 12 nitrogen and oxygen atoms in total. The van der Waals surface area contributed by atoms with Crippen molar-refractivity contribution in [1.29, 1.82) is 0 Å². The van der Waals surface area contributed by atoms with E-state index in [0.29, 0.717) is 0 Å². The molecule has 0 radical (unpaired) electrons. The molecular weight excluding hydrogens is 438 g/mol. The molecule has 0 bridgehead atoms. The number of benzene rings is 1. The molecule has 2 aromatic rings. The summed E-state index contributed by atoms with van der Waals surface area (Å²) in [5.74, 6) is -0.153. The van der Waals surface area contributed by atoms with Crippen molar-refractivity contribution < 1.29 is 31.1 Å². The molecule has 1 aromatic carbocycles. The zero-order chi connectivity index (χ0) is 22.5. The van der Waals surface area contributed by atoms with Gasteiger partial charge in [-0.25, -0.2) is 31.1 Å². The SMILES string of the molecule is CCNS(=O)(=O)c1cccc(C)c1S(=O)(=O)NC(=O)Nc1nc(OC)cc(OC)n1. The van der Waals surface area contributed by atoms with E-state index in [9.17, 15) is 21.6 Å². The lowest BCUT2D eigenvalue weighted by Crippen LogP contribution is -2.36. The molecule has 0 atom stereocenters. The third-order valence-electron chi connectivity index (χ3n) is 3.62. The van der Waals surface area contributed by atoms with Gasteiger partial charge in [0.1, 0.15) is 9.79 Å². The molecule has 0 aliphatic rings. The zero-order valence-electron chi connectivity index (χ0n) is 16.6. The zero-order valence-corrected chi connectivity index (χ0v) is 18.2. The second-order valence-electron chi connectivity index (χ2n) is 5.74. The molecule has 0 aliphatic heterocycles. The first kappa shape index (κ1) is 23.3. The van der Waals surface area contributed by atoms with Crippen molar-refractivity contribution in [3.05, 3.63) is 29.8 Å². The second-order valence-corrected chi connectivity index (χ2v) is 9.09. The summed E-state index contributed by atoms with van der Waals surface area (Å²) in [5.41, 5.74) is 0.133. The summed E-state index contributed by atoms with van der Waals surface area (Å²) in [7, 11) is -6.02. The van der Waals surface area contributed by atoms with Crippen LogP contribution >= 0.6 is 0 Å². The van der Waals surface area contributed by atoms with Crippen LogP contribution in [0.25, 0.3) is 0 Å². The van der Waals surface area contributed by atoms with Crippen LogP contribution in [0.3, 0.4) is 0 Å². The van der Waals surface area contributed by atoms with E-state index < -0.39 is 35.9 Å². The Hall–Kier alpha value is -2.97. The number of nitrogens with zero attached hydrogens (tertiary/aromatic N) is 2. The van der Waals surface area contributed by atoms with Gasteiger partial charge in [-0.2, -0.15) is 9.97 Å². The summed E-state index contributed by atoms with van der Waals surface area (Å²) in [6.45, 7) is 3.02. The number of ether oxygens (including phenoxy) is 2. The first-order valence-corrected chi connectivity index (χ1v) is 11.4. The van der Waals surface area contributed by atoms with Gasteiger partial charge in [0.2, 0.25) is 27.7 Å². The van der Waals surface area contributed by atoms with Gasteiger partial charge in [-0.3, -0.25) is 5.32 Å². The van der Waals surface area contributed by atoms with Crippen molar-refractivity contribution in [1.82, 2.24) is 19.4 Å². The number of hydrogen-bond acceptors (Lipinski definition) is 9. The number of rotatable bonds is 8. The van der Waals surface area contributed by atoms with Gasteiger partial charge >= 0.3 is 6.03 Å². The number of methoxy groups -OCH3 is 2. The van der Waals surface area contributed by atoms with Gasteiger partial charge < -0.3 is 9.47 Å². The van der Waals surface area contributed by atoms with Crippen LogP contribution in [0.5, 0.6) is 11.8 Å². The second kappa shape index (κ2) is 9.23. The van der Waals surface area contributed by atoms with E-state index in [1.54, 1.807) is 11.6 Å². The van der Waals surface area contributed by atoms with Crippen LogP contribution in [-0.4, -0.2) is 53.6 Å². The van der Waals surface area contributed by atoms with Crippen molar-refractivity contribution in [2.45, 2.75) is 23.6 Å². The molecule has 14 heteroatoms. The quantitative estimate of drug-likeness (QED) is 0.512. The Balaban J connectivity index is 2.37. The van der Waals surface area contributed by atoms with Gasteiger partial charge in [-0.1, -0.05) is 19.1 Å². The Labute approximate surface area is 174 Å². The summed E-state index contributed by atoms with van der Waals surface area (Å²) in [6.07, 6.45) is 0. The van der Waals surface area contributed by atoms with E-state index in [1.165, 1.54) is 39.3 Å². The fourth-order valence-electron chi connectivity index (χ4n) is 2.42. The monoisotopic (exact) mass is 459 g/mol. The fourth-order valence-corrected chi connectivity index (χ4v) is 5.50. The molecule has 3 N–H and O–H groups in total. The molecule has 30 heavy (non-hydrogen) atoms. The molecule has 2 amide bonds. The number of anilines is 1. The van der Waals surface area contributed by atoms with Crippen molar-refractivity contribution in [2.75, 3.05) is 26.1 Å². The number of carbonyl (C=O) groups is 1. The smallest absolute Gasteiger partial charge is 0.335 e. The van der Waals surface area contributed by atoms with Crippen LogP contribution in [0, 0.1) is 6.92 Å². The molecular formula is C16H21N5O7S2. The first-order chi connectivity index (χ1) is 14.0. The highest BCUT2D eigenvalue weighted by Crippen LogP contribution is 2.24. The Morgan fingerprint density at radius 2 is 1.63 bits per heavy atom. The van der Waals surface area contributed by atoms with Crippen LogP contribution in [0.4, 0.5) is 10.7 Å². The van der Waals surface area contributed by atoms with Gasteiger partial charge in [0.25, 0.3) is 10.0 Å². The van der Waals surface area contributed by atoms with Crippen LogP contribution < -0.4 is 24.2 Å². The van der Waals surface area contributed by atoms with Crippen molar-refractivity contribution in [2.24, 2.45) is 0 Å².